The van der Waals surface area contributed by atoms with Crippen molar-refractivity contribution >= 4 is 0 Å². The maximum atomic E-state index is 4.19. The zero-order valence-corrected chi connectivity index (χ0v) is 12.1. The van der Waals surface area contributed by atoms with Gasteiger partial charge in [-0.2, -0.15) is 0 Å². The van der Waals surface area contributed by atoms with Gasteiger partial charge < -0.3 is 5.32 Å². The average molecular weight is 273 g/mol. The summed E-state index contributed by atoms with van der Waals surface area (Å²) in [6.07, 6.45) is 11.9. The Kier molecular flexibility index (Phi) is 6.17. The van der Waals surface area contributed by atoms with E-state index in [0.717, 1.165) is 30.8 Å². The molecule has 5 nitrogen and oxygen atoms in total. The molecule has 0 radical (unpaired) electrons. The lowest BCUT2D eigenvalue weighted by Crippen LogP contribution is -2.07. The van der Waals surface area contributed by atoms with Gasteiger partial charge in [0.1, 0.15) is 5.69 Å². The number of aromatic nitrogens is 4. The van der Waals surface area contributed by atoms with Crippen LogP contribution in [0.1, 0.15) is 32.1 Å². The minimum atomic E-state index is 0.895. The number of aryl methyl sites for hydroxylation is 1. The molecule has 1 N–H and O–H groups in total. The summed E-state index contributed by atoms with van der Waals surface area (Å²) in [6, 6.07) is 3.92. The predicted octanol–water partition coefficient (Wildman–Crippen LogP) is 2.51. The third-order valence-electron chi connectivity index (χ3n) is 3.31. The summed E-state index contributed by atoms with van der Waals surface area (Å²) in [6.45, 7) is 2.07. The Morgan fingerprint density at radius 1 is 1.15 bits per heavy atom. The Bertz CT molecular complexity index is 480. The second kappa shape index (κ2) is 8.43. The van der Waals surface area contributed by atoms with Crippen LogP contribution in [0, 0.1) is 0 Å². The van der Waals surface area contributed by atoms with Crippen LogP contribution in [0.25, 0.3) is 11.3 Å². The van der Waals surface area contributed by atoms with Crippen LogP contribution in [-0.2, 0) is 6.54 Å². The molecular weight excluding hydrogens is 250 g/mol. The molecule has 0 aromatic carbocycles. The van der Waals surface area contributed by atoms with E-state index in [1.807, 2.05) is 36.3 Å². The molecule has 0 amide bonds. The number of nitrogens with one attached hydrogen (secondary N) is 1. The molecule has 0 aliphatic rings. The van der Waals surface area contributed by atoms with E-state index >= 15 is 0 Å². The van der Waals surface area contributed by atoms with Crippen LogP contribution in [0.15, 0.2) is 30.7 Å². The lowest BCUT2D eigenvalue weighted by molar-refractivity contribution is 0.515. The van der Waals surface area contributed by atoms with Crippen molar-refractivity contribution in [2.24, 2.45) is 0 Å². The lowest BCUT2D eigenvalue weighted by Gasteiger charge is -2.01. The van der Waals surface area contributed by atoms with Crippen molar-refractivity contribution in [3.8, 4) is 11.3 Å². The zero-order valence-electron chi connectivity index (χ0n) is 12.1. The van der Waals surface area contributed by atoms with E-state index in [4.69, 9.17) is 0 Å². The molecule has 20 heavy (non-hydrogen) atoms. The molecule has 0 aliphatic carbocycles. The van der Waals surface area contributed by atoms with E-state index in [-0.39, 0.29) is 0 Å². The van der Waals surface area contributed by atoms with Gasteiger partial charge in [0.05, 0.1) is 6.20 Å². The maximum absolute atomic E-state index is 4.19. The lowest BCUT2D eigenvalue weighted by atomic mass is 10.1. The molecule has 0 fully saturated rings. The van der Waals surface area contributed by atoms with Crippen molar-refractivity contribution in [2.45, 2.75) is 38.6 Å². The largest absolute Gasteiger partial charge is 0.320 e. The van der Waals surface area contributed by atoms with Crippen LogP contribution >= 0.6 is 0 Å². The van der Waals surface area contributed by atoms with E-state index < -0.39 is 0 Å². The van der Waals surface area contributed by atoms with Crippen molar-refractivity contribution in [2.75, 3.05) is 13.6 Å². The van der Waals surface area contributed by atoms with Crippen molar-refractivity contribution in [3.63, 3.8) is 0 Å². The number of nitrogens with zero attached hydrogens (tertiary/aromatic N) is 4. The summed E-state index contributed by atoms with van der Waals surface area (Å²) < 4.78 is 1.93. The first kappa shape index (κ1) is 14.7. The van der Waals surface area contributed by atoms with E-state index in [1.54, 1.807) is 6.20 Å². The second-order valence-corrected chi connectivity index (χ2v) is 4.98. The molecular formula is C15H23N5. The Hall–Kier alpha value is -1.75. The van der Waals surface area contributed by atoms with Crippen molar-refractivity contribution in [1.82, 2.24) is 25.3 Å². The van der Waals surface area contributed by atoms with Crippen LogP contribution in [0.3, 0.4) is 0 Å². The van der Waals surface area contributed by atoms with Crippen LogP contribution < -0.4 is 5.32 Å². The SMILES string of the molecule is CNCCCCCCCn1cc(-c2cccnc2)nn1. The average Bonchev–Trinajstić information content (AvgIpc) is 2.96. The molecule has 0 spiro atoms. The molecule has 2 aromatic heterocycles. The first-order chi connectivity index (χ1) is 9.90. The smallest absolute Gasteiger partial charge is 0.114 e. The van der Waals surface area contributed by atoms with Gasteiger partial charge in [0.2, 0.25) is 0 Å². The molecule has 2 heterocycles. The van der Waals surface area contributed by atoms with Crippen LogP contribution in [0.2, 0.25) is 0 Å². The third-order valence-corrected chi connectivity index (χ3v) is 3.31. The fourth-order valence-electron chi connectivity index (χ4n) is 2.16. The molecule has 0 saturated heterocycles. The Morgan fingerprint density at radius 3 is 2.80 bits per heavy atom. The summed E-state index contributed by atoms with van der Waals surface area (Å²) in [7, 11) is 2.00. The molecule has 0 atom stereocenters. The minimum absolute atomic E-state index is 0.895. The van der Waals surface area contributed by atoms with Crippen LogP contribution in [0.4, 0.5) is 0 Å². The van der Waals surface area contributed by atoms with Crippen molar-refractivity contribution in [1.29, 1.82) is 0 Å². The normalized spacial score (nSPS) is 10.8. The zero-order chi connectivity index (χ0) is 14.0. The van der Waals surface area contributed by atoms with E-state index in [2.05, 4.69) is 20.6 Å². The highest BCUT2D eigenvalue weighted by molar-refractivity contribution is 5.55. The molecule has 108 valence electrons. The highest BCUT2D eigenvalue weighted by Crippen LogP contribution is 2.14. The fourth-order valence-corrected chi connectivity index (χ4v) is 2.16. The number of pyridine rings is 1. The summed E-state index contributed by atoms with van der Waals surface area (Å²) in [4.78, 5) is 4.10. The van der Waals surface area contributed by atoms with Gasteiger partial charge in [-0.25, -0.2) is 0 Å². The molecule has 0 aliphatic heterocycles. The number of hydrogen-bond acceptors (Lipinski definition) is 4. The van der Waals surface area contributed by atoms with Gasteiger partial charge in [0.15, 0.2) is 0 Å². The number of rotatable bonds is 9. The van der Waals surface area contributed by atoms with E-state index in [0.29, 0.717) is 0 Å². The predicted molar refractivity (Wildman–Crippen MR) is 80.3 cm³/mol. The van der Waals surface area contributed by atoms with Gasteiger partial charge in [0.25, 0.3) is 0 Å². The summed E-state index contributed by atoms with van der Waals surface area (Å²) in [5.41, 5.74) is 1.91. The van der Waals surface area contributed by atoms with Gasteiger partial charge in [-0.15, -0.1) is 5.10 Å². The highest BCUT2D eigenvalue weighted by Gasteiger charge is 2.03. The molecule has 2 aromatic rings. The van der Waals surface area contributed by atoms with Crippen molar-refractivity contribution in [3.05, 3.63) is 30.7 Å². The number of hydrogen-bond donors (Lipinski definition) is 1. The first-order valence-corrected chi connectivity index (χ1v) is 7.35. The highest BCUT2D eigenvalue weighted by atomic mass is 15.4. The Morgan fingerprint density at radius 2 is 2.00 bits per heavy atom. The fraction of sp³-hybridized carbons (Fsp3) is 0.533. The molecule has 5 heteroatoms. The topological polar surface area (TPSA) is 55.6 Å². The molecule has 0 unspecified atom stereocenters. The Labute approximate surface area is 120 Å². The van der Waals surface area contributed by atoms with Crippen LogP contribution in [-0.4, -0.2) is 33.6 Å². The first-order valence-electron chi connectivity index (χ1n) is 7.35. The van der Waals surface area contributed by atoms with Gasteiger partial charge in [0, 0.05) is 24.5 Å². The summed E-state index contributed by atoms with van der Waals surface area (Å²) in [5.74, 6) is 0. The standard InChI is InChI=1S/C15H23N5/c1-16-9-5-3-2-4-6-11-20-13-15(18-19-20)14-8-7-10-17-12-14/h7-8,10,12-13,16H,2-6,9,11H2,1H3. The molecule has 0 bridgehead atoms. The third kappa shape index (κ3) is 4.74. The quantitative estimate of drug-likeness (QED) is 0.713. The molecule has 0 saturated carbocycles. The monoisotopic (exact) mass is 273 g/mol. The van der Waals surface area contributed by atoms with Gasteiger partial charge in [-0.1, -0.05) is 24.5 Å². The van der Waals surface area contributed by atoms with Gasteiger partial charge in [-0.3, -0.25) is 9.67 Å². The summed E-state index contributed by atoms with van der Waals surface area (Å²) in [5, 5.41) is 11.5. The Balaban J connectivity index is 1.69. The van der Waals surface area contributed by atoms with Crippen molar-refractivity contribution < 1.29 is 0 Å². The summed E-state index contributed by atoms with van der Waals surface area (Å²) >= 11 is 0. The maximum Gasteiger partial charge on any atom is 0.114 e. The van der Waals surface area contributed by atoms with E-state index in [9.17, 15) is 0 Å². The van der Waals surface area contributed by atoms with Gasteiger partial charge >= 0.3 is 0 Å². The van der Waals surface area contributed by atoms with Crippen LogP contribution in [0.5, 0.6) is 0 Å². The van der Waals surface area contributed by atoms with E-state index in [1.165, 1.54) is 25.7 Å². The minimum Gasteiger partial charge on any atom is -0.320 e. The number of unbranched alkanes of at least 4 members (excludes halogenated alkanes) is 4. The second-order valence-electron chi connectivity index (χ2n) is 4.98. The van der Waals surface area contributed by atoms with Gasteiger partial charge in [-0.05, 0) is 38.6 Å². The molecule has 2 rings (SSSR count).